The second-order valence-corrected chi connectivity index (χ2v) is 8.53. The van der Waals surface area contributed by atoms with E-state index in [-0.39, 0.29) is 34.4 Å². The minimum atomic E-state index is -0.889. The zero-order chi connectivity index (χ0) is 24.9. The Labute approximate surface area is 204 Å². The zero-order valence-electron chi connectivity index (χ0n) is 18.7. The largest absolute Gasteiger partial charge is 0.493 e. The van der Waals surface area contributed by atoms with Gasteiger partial charge < -0.3 is 19.1 Å². The quantitative estimate of drug-likeness (QED) is 0.339. The molecule has 2 heterocycles. The highest BCUT2D eigenvalue weighted by Gasteiger charge is 2.37. The Balaban J connectivity index is 1.47. The number of amides is 3. The Morgan fingerprint density at radius 2 is 1.86 bits per heavy atom. The van der Waals surface area contributed by atoms with Crippen LogP contribution in [0.25, 0.3) is 6.08 Å². The number of thioether (sulfide) groups is 1. The van der Waals surface area contributed by atoms with E-state index in [1.807, 2.05) is 0 Å². The lowest BCUT2D eigenvalue weighted by atomic mass is 10.1. The van der Waals surface area contributed by atoms with Crippen molar-refractivity contribution < 1.29 is 37.8 Å². The van der Waals surface area contributed by atoms with Crippen molar-refractivity contribution >= 4 is 40.9 Å². The van der Waals surface area contributed by atoms with Gasteiger partial charge in [-0.25, -0.2) is 9.18 Å². The Kier molecular flexibility index (Phi) is 7.47. The maximum Gasteiger partial charge on any atom is 0.346 e. The van der Waals surface area contributed by atoms with Crippen molar-refractivity contribution in [2.75, 3.05) is 40.0 Å². The molecule has 2 aromatic rings. The van der Waals surface area contributed by atoms with Crippen LogP contribution in [0.5, 0.6) is 11.5 Å². The average molecular weight is 501 g/mol. The number of carbonyl (C=O) groups excluding carboxylic acids is 4. The van der Waals surface area contributed by atoms with Crippen LogP contribution in [-0.2, 0) is 14.3 Å². The predicted molar refractivity (Wildman–Crippen MR) is 124 cm³/mol. The fraction of sp³-hybridized carbons (Fsp3) is 0.250. The minimum Gasteiger partial charge on any atom is -0.493 e. The lowest BCUT2D eigenvalue weighted by Crippen LogP contribution is -2.46. The SMILES string of the molecule is COc1cc(/C=C2\SC(=O)N(CC(=O)N3CCOCC3)C2=O)ccc1OC(=O)c1ccccc1F. The average Bonchev–Trinajstić information content (AvgIpc) is 3.12. The molecule has 0 spiro atoms. The van der Waals surface area contributed by atoms with Crippen molar-refractivity contribution in [3.63, 3.8) is 0 Å². The summed E-state index contributed by atoms with van der Waals surface area (Å²) in [6, 6.07) is 9.94. The summed E-state index contributed by atoms with van der Waals surface area (Å²) in [5.74, 6) is -2.27. The third-order valence-electron chi connectivity index (χ3n) is 5.31. The lowest BCUT2D eigenvalue weighted by molar-refractivity contribution is -0.139. The highest BCUT2D eigenvalue weighted by Crippen LogP contribution is 2.35. The molecule has 0 radical (unpaired) electrons. The lowest BCUT2D eigenvalue weighted by Gasteiger charge is -2.28. The van der Waals surface area contributed by atoms with Crippen LogP contribution in [0, 0.1) is 5.82 Å². The number of hydrogen-bond donors (Lipinski definition) is 0. The van der Waals surface area contributed by atoms with Crippen molar-refractivity contribution in [3.05, 3.63) is 64.3 Å². The van der Waals surface area contributed by atoms with Crippen molar-refractivity contribution in [3.8, 4) is 11.5 Å². The van der Waals surface area contributed by atoms with Gasteiger partial charge in [0.2, 0.25) is 5.91 Å². The number of ether oxygens (including phenoxy) is 3. The normalized spacial score (nSPS) is 17.1. The standard InChI is InChI=1S/C24H21FN2O7S/c1-32-19-12-15(6-7-18(19)34-23(30)16-4-2-3-5-17(16)25)13-20-22(29)27(24(31)35-20)14-21(28)26-8-10-33-11-9-26/h2-7,12-13H,8-11,14H2,1H3/b20-13-. The first-order valence-corrected chi connectivity index (χ1v) is 11.4. The van der Waals surface area contributed by atoms with Crippen molar-refractivity contribution in [2.24, 2.45) is 0 Å². The molecule has 11 heteroatoms. The number of esters is 1. The van der Waals surface area contributed by atoms with E-state index in [2.05, 4.69) is 0 Å². The minimum absolute atomic E-state index is 0.0575. The molecule has 0 atom stereocenters. The van der Waals surface area contributed by atoms with Gasteiger partial charge in [-0.3, -0.25) is 19.3 Å². The van der Waals surface area contributed by atoms with Gasteiger partial charge in [-0.2, -0.15) is 0 Å². The first kappa shape index (κ1) is 24.4. The topological polar surface area (TPSA) is 102 Å². The fourth-order valence-corrected chi connectivity index (χ4v) is 4.31. The molecule has 0 unspecified atom stereocenters. The molecular formula is C24H21FN2O7S. The summed E-state index contributed by atoms with van der Waals surface area (Å²) in [4.78, 5) is 52.6. The first-order chi connectivity index (χ1) is 16.9. The Morgan fingerprint density at radius 1 is 1.11 bits per heavy atom. The second-order valence-electron chi connectivity index (χ2n) is 7.54. The van der Waals surface area contributed by atoms with E-state index in [4.69, 9.17) is 14.2 Å². The van der Waals surface area contributed by atoms with Gasteiger partial charge in [0.05, 0.1) is 30.8 Å². The van der Waals surface area contributed by atoms with Crippen LogP contribution in [-0.4, -0.2) is 72.8 Å². The number of nitrogens with zero attached hydrogens (tertiary/aromatic N) is 2. The fourth-order valence-electron chi connectivity index (χ4n) is 3.48. The zero-order valence-corrected chi connectivity index (χ0v) is 19.5. The number of imide groups is 1. The van der Waals surface area contributed by atoms with Crippen molar-refractivity contribution in [1.29, 1.82) is 0 Å². The van der Waals surface area contributed by atoms with E-state index in [0.717, 1.165) is 22.7 Å². The summed E-state index contributed by atoms with van der Waals surface area (Å²) >= 11 is 0.728. The highest BCUT2D eigenvalue weighted by molar-refractivity contribution is 8.18. The van der Waals surface area contributed by atoms with E-state index < -0.39 is 22.9 Å². The molecule has 4 rings (SSSR count). The number of methoxy groups -OCH3 is 1. The molecular weight excluding hydrogens is 479 g/mol. The van der Waals surface area contributed by atoms with Crippen LogP contribution in [0.4, 0.5) is 9.18 Å². The van der Waals surface area contributed by atoms with Gasteiger partial charge >= 0.3 is 5.97 Å². The molecule has 2 fully saturated rings. The molecule has 0 aliphatic carbocycles. The van der Waals surface area contributed by atoms with E-state index >= 15 is 0 Å². The van der Waals surface area contributed by atoms with Crippen molar-refractivity contribution in [2.45, 2.75) is 0 Å². The number of morpholine rings is 1. The number of carbonyl (C=O) groups is 4. The molecule has 182 valence electrons. The molecule has 0 saturated carbocycles. The van der Waals surface area contributed by atoms with Gasteiger partial charge in [0.25, 0.3) is 11.1 Å². The Bertz CT molecular complexity index is 1210. The maximum absolute atomic E-state index is 13.9. The van der Waals surface area contributed by atoms with Crippen LogP contribution in [0.3, 0.4) is 0 Å². The number of benzene rings is 2. The smallest absolute Gasteiger partial charge is 0.346 e. The van der Waals surface area contributed by atoms with Gasteiger partial charge in [-0.1, -0.05) is 18.2 Å². The van der Waals surface area contributed by atoms with Crippen LogP contribution < -0.4 is 9.47 Å². The molecule has 35 heavy (non-hydrogen) atoms. The second kappa shape index (κ2) is 10.7. The highest BCUT2D eigenvalue weighted by atomic mass is 32.2. The van der Waals surface area contributed by atoms with Crippen LogP contribution in [0.1, 0.15) is 15.9 Å². The number of rotatable bonds is 6. The monoisotopic (exact) mass is 500 g/mol. The van der Waals surface area contributed by atoms with Gasteiger partial charge in [0.15, 0.2) is 11.5 Å². The molecule has 2 saturated heterocycles. The van der Waals surface area contributed by atoms with E-state index in [1.165, 1.54) is 43.5 Å². The molecule has 0 bridgehead atoms. The summed E-state index contributed by atoms with van der Waals surface area (Å²) in [6.07, 6.45) is 1.48. The first-order valence-electron chi connectivity index (χ1n) is 10.6. The van der Waals surface area contributed by atoms with Crippen LogP contribution >= 0.6 is 11.8 Å². The van der Waals surface area contributed by atoms with Gasteiger partial charge in [-0.15, -0.1) is 0 Å². The number of hydrogen-bond acceptors (Lipinski definition) is 8. The maximum atomic E-state index is 13.9. The third kappa shape index (κ3) is 5.52. The van der Waals surface area contributed by atoms with Gasteiger partial charge in [0.1, 0.15) is 12.4 Å². The van der Waals surface area contributed by atoms with Crippen molar-refractivity contribution in [1.82, 2.24) is 9.80 Å². The molecule has 0 N–H and O–H groups in total. The molecule has 9 nitrogen and oxygen atoms in total. The van der Waals surface area contributed by atoms with Gasteiger partial charge in [-0.05, 0) is 47.7 Å². The molecule has 2 aliphatic rings. The Hall–Kier alpha value is -3.70. The molecule has 2 aliphatic heterocycles. The summed E-state index contributed by atoms with van der Waals surface area (Å²) in [7, 11) is 1.37. The van der Waals surface area contributed by atoms with Crippen LogP contribution in [0.15, 0.2) is 47.4 Å². The van der Waals surface area contributed by atoms with Gasteiger partial charge in [0, 0.05) is 13.1 Å². The van der Waals surface area contributed by atoms with Crippen LogP contribution in [0.2, 0.25) is 0 Å². The summed E-state index contributed by atoms with van der Waals surface area (Å²) in [6.45, 7) is 1.33. The Morgan fingerprint density at radius 3 is 2.57 bits per heavy atom. The van der Waals surface area contributed by atoms with E-state index in [9.17, 15) is 23.6 Å². The van der Waals surface area contributed by atoms with E-state index in [1.54, 1.807) is 11.0 Å². The molecule has 3 amide bonds. The summed E-state index contributed by atoms with van der Waals surface area (Å²) in [5.41, 5.74) is 0.275. The summed E-state index contributed by atoms with van der Waals surface area (Å²) in [5, 5.41) is -0.537. The third-order valence-corrected chi connectivity index (χ3v) is 6.22. The molecule has 0 aromatic heterocycles. The number of halogens is 1. The van der Waals surface area contributed by atoms with E-state index in [0.29, 0.717) is 31.9 Å². The summed E-state index contributed by atoms with van der Waals surface area (Å²) < 4.78 is 29.6. The molecule has 2 aromatic carbocycles. The predicted octanol–water partition coefficient (Wildman–Crippen LogP) is 2.95.